The minimum atomic E-state index is -0.927. The average Bonchev–Trinajstić information content (AvgIpc) is 3.91. The third-order valence-electron chi connectivity index (χ3n) is 12.6. The van der Waals surface area contributed by atoms with Gasteiger partial charge in [-0.3, -0.25) is 0 Å². The molecule has 10 heteroatoms. The topological polar surface area (TPSA) is 174 Å². The Labute approximate surface area is 337 Å². The number of nitrogens with one attached hydrogen (secondary N) is 1. The van der Waals surface area contributed by atoms with Crippen LogP contribution < -0.4 is 15.8 Å². The molecule has 2 heterocycles. The number of hydrogen-bond donors (Lipinski definition) is 7. The highest BCUT2D eigenvalue weighted by atomic mass is 16.5. The number of phenols is 1. The molecule has 0 amide bonds. The number of aliphatic hydroxyl groups excluding tert-OH is 4. The van der Waals surface area contributed by atoms with E-state index in [4.69, 9.17) is 20.2 Å². The molecule has 5 rings (SSSR count). The summed E-state index contributed by atoms with van der Waals surface area (Å²) in [6, 6.07) is 5.52. The van der Waals surface area contributed by atoms with Crippen LogP contribution in [0.15, 0.2) is 46.6 Å². The number of phenolic OH excluding ortho intramolecular Hbond substituents is 1. The molecule has 0 saturated heterocycles. The van der Waals surface area contributed by atoms with Crippen LogP contribution in [0.5, 0.6) is 11.5 Å². The van der Waals surface area contributed by atoms with Crippen molar-refractivity contribution in [3.8, 4) is 11.5 Å². The summed E-state index contributed by atoms with van der Waals surface area (Å²) in [6.45, 7) is 7.53. The first-order valence-corrected chi connectivity index (χ1v) is 22.0. The van der Waals surface area contributed by atoms with Gasteiger partial charge in [0.05, 0.1) is 24.2 Å². The summed E-state index contributed by atoms with van der Waals surface area (Å²) in [7, 11) is 0. The second kappa shape index (κ2) is 22.5. The minimum Gasteiger partial charge on any atom is -0.504 e. The second-order valence-electron chi connectivity index (χ2n) is 17.7. The van der Waals surface area contributed by atoms with E-state index in [1.165, 1.54) is 25.2 Å². The smallest absolute Gasteiger partial charge is 0.208 e. The number of aliphatic imine (C=N–C) groups is 1. The van der Waals surface area contributed by atoms with Crippen molar-refractivity contribution in [2.24, 2.45) is 34.4 Å². The Morgan fingerprint density at radius 3 is 2.61 bits per heavy atom. The number of aryl methyl sites for hydroxylation is 1. The van der Waals surface area contributed by atoms with Crippen LogP contribution in [0.2, 0.25) is 0 Å². The van der Waals surface area contributed by atoms with Crippen molar-refractivity contribution in [2.75, 3.05) is 26.3 Å². The minimum absolute atomic E-state index is 0.0118. The van der Waals surface area contributed by atoms with Crippen LogP contribution in [0.25, 0.3) is 0 Å². The fourth-order valence-corrected chi connectivity index (χ4v) is 9.25. The third-order valence-corrected chi connectivity index (χ3v) is 12.6. The fourth-order valence-electron chi connectivity index (χ4n) is 9.25. The van der Waals surface area contributed by atoms with E-state index >= 15 is 0 Å². The molecule has 2 aliphatic heterocycles. The van der Waals surface area contributed by atoms with Crippen molar-refractivity contribution in [1.29, 1.82) is 0 Å². The van der Waals surface area contributed by atoms with Crippen molar-refractivity contribution >= 4 is 5.71 Å². The van der Waals surface area contributed by atoms with Gasteiger partial charge in [0.25, 0.3) is 0 Å². The van der Waals surface area contributed by atoms with Gasteiger partial charge >= 0.3 is 0 Å². The van der Waals surface area contributed by atoms with E-state index in [1.54, 1.807) is 13.0 Å². The lowest BCUT2D eigenvalue weighted by Gasteiger charge is -2.26. The molecule has 2 saturated carbocycles. The van der Waals surface area contributed by atoms with E-state index in [-0.39, 0.29) is 37.2 Å². The molecule has 9 N–H and O–H groups in total. The molecule has 0 bridgehead atoms. The predicted molar refractivity (Wildman–Crippen MR) is 224 cm³/mol. The normalized spacial score (nSPS) is 24.3. The van der Waals surface area contributed by atoms with Crippen molar-refractivity contribution < 1.29 is 35.0 Å². The third kappa shape index (κ3) is 13.5. The first-order chi connectivity index (χ1) is 27.0. The Balaban J connectivity index is 1.02. The van der Waals surface area contributed by atoms with Gasteiger partial charge in [-0.2, -0.15) is 0 Å². The number of hydrogen-bond acceptors (Lipinski definition) is 9. The van der Waals surface area contributed by atoms with Crippen LogP contribution in [0, 0.1) is 35.7 Å². The molecular formula is C46H74N3O7+. The van der Waals surface area contributed by atoms with Gasteiger partial charge < -0.3 is 46.1 Å². The van der Waals surface area contributed by atoms with Crippen LogP contribution in [-0.4, -0.2) is 92.7 Å². The Bertz CT molecular complexity index is 1430. The summed E-state index contributed by atoms with van der Waals surface area (Å²) < 4.78 is 11.0. The number of allylic oxidation sites excluding steroid dienone is 1. The number of unbranched alkanes of at least 4 members (excludes halogenated alkanes) is 3. The fraction of sp³-hybridized carbons (Fsp3) is 0.717. The van der Waals surface area contributed by atoms with Gasteiger partial charge in [0.1, 0.15) is 30.4 Å². The van der Waals surface area contributed by atoms with Gasteiger partial charge in [-0.25, -0.2) is 0 Å². The standard InChI is InChI=1S/C46H73N3O7/c1-30(2)13-18-36(52)19-17-35(47)10-6-4-5-7-12-45-34(28-50)24-37(56-45)20-14-32-15-22-43(53)46(23-32)55-29-44(54)42-25-39-40(27-48-26-31(3)51)38-11-8-9-33(38)16-21-41(39)49-42/h15,22-25,30-31,33,35-36,38,40,44-45,48,50-52,54,56H,4-14,16-21,26-29,47H2,1-3H3/p+1. The number of nitrogens with zero attached hydrogens (tertiary/aromatic N) is 1. The lowest BCUT2D eigenvalue weighted by atomic mass is 9.77. The summed E-state index contributed by atoms with van der Waals surface area (Å²) in [5, 5.41) is 55.4. The highest BCUT2D eigenvalue weighted by Gasteiger charge is 2.49. The molecule has 10 nitrogen and oxygen atoms in total. The number of rotatable bonds is 25. The Morgan fingerprint density at radius 1 is 1.02 bits per heavy atom. The molecule has 56 heavy (non-hydrogen) atoms. The summed E-state index contributed by atoms with van der Waals surface area (Å²) in [5.41, 5.74) is 10.00. The zero-order chi connectivity index (χ0) is 40.0. The molecule has 2 fully saturated rings. The summed E-state index contributed by atoms with van der Waals surface area (Å²) in [5.74, 6) is 3.82. The van der Waals surface area contributed by atoms with E-state index in [9.17, 15) is 25.5 Å². The molecular weight excluding hydrogens is 707 g/mol. The van der Waals surface area contributed by atoms with Crippen LogP contribution in [0.4, 0.5) is 0 Å². The van der Waals surface area contributed by atoms with Crippen LogP contribution in [0.1, 0.15) is 129 Å². The van der Waals surface area contributed by atoms with Crippen LogP contribution in [-0.2, 0) is 6.42 Å². The molecule has 0 aromatic heterocycles. The lowest BCUT2D eigenvalue weighted by molar-refractivity contribution is -0.0552. The van der Waals surface area contributed by atoms with Gasteiger partial charge in [0, 0.05) is 38.6 Å². The average molecular weight is 781 g/mol. The van der Waals surface area contributed by atoms with Gasteiger partial charge in [0.2, 0.25) is 5.70 Å². The number of ether oxygens (including phenoxy) is 2. The molecule has 8 atom stereocenters. The Morgan fingerprint density at radius 2 is 1.82 bits per heavy atom. The van der Waals surface area contributed by atoms with Gasteiger partial charge in [-0.1, -0.05) is 52.0 Å². The summed E-state index contributed by atoms with van der Waals surface area (Å²) >= 11 is 0. The zero-order valence-electron chi connectivity index (χ0n) is 34.5. The second-order valence-corrected chi connectivity index (χ2v) is 17.7. The first kappa shape index (κ1) is 44.5. The molecule has 314 valence electrons. The molecule has 1 aromatic carbocycles. The van der Waals surface area contributed by atoms with E-state index in [1.807, 2.05) is 18.2 Å². The molecule has 0 spiro atoms. The van der Waals surface area contributed by atoms with E-state index < -0.39 is 12.2 Å². The van der Waals surface area contributed by atoms with Gasteiger partial charge in [-0.05, 0) is 107 Å². The molecule has 0 radical (unpaired) electrons. The van der Waals surface area contributed by atoms with E-state index in [0.717, 1.165) is 113 Å². The number of aliphatic hydroxyl groups is 6. The lowest BCUT2D eigenvalue weighted by Crippen LogP contribution is -2.36. The summed E-state index contributed by atoms with van der Waals surface area (Å²) in [4.78, 5) is 4.92. The number of nitrogens with two attached hydrogens (primary N) is 1. The summed E-state index contributed by atoms with van der Waals surface area (Å²) in [6.07, 6.45) is 20.7. The SMILES string of the molecule is CC(C)CCC(O)CCC(N)CCCCCCC1[OH+][C-](CCc2ccc(O)c(OCC(O)C3=C[C+]4C(=N3)CCC3CCCC3C4CNCC(C)O)c2)C=C1CO. The molecule has 8 unspecified atom stereocenters. The predicted octanol–water partition coefficient (Wildman–Crippen LogP) is 6.38. The van der Waals surface area contributed by atoms with Gasteiger partial charge in [0.15, 0.2) is 17.6 Å². The monoisotopic (exact) mass is 781 g/mol. The quantitative estimate of drug-likeness (QED) is 0.0340. The van der Waals surface area contributed by atoms with Crippen molar-refractivity contribution in [3.05, 3.63) is 59.2 Å². The van der Waals surface area contributed by atoms with Crippen molar-refractivity contribution in [1.82, 2.24) is 5.32 Å². The number of benzene rings is 1. The molecule has 4 aliphatic rings. The van der Waals surface area contributed by atoms with Crippen LogP contribution >= 0.6 is 0 Å². The maximum absolute atomic E-state index is 11.2. The Kier molecular flexibility index (Phi) is 17.9. The first-order valence-electron chi connectivity index (χ1n) is 22.0. The number of aromatic hydroxyl groups is 1. The molecule has 1 aromatic rings. The highest BCUT2D eigenvalue weighted by molar-refractivity contribution is 6.03. The Hall–Kier alpha value is -2.57. The maximum atomic E-state index is 11.2. The van der Waals surface area contributed by atoms with E-state index in [2.05, 4.69) is 25.2 Å². The number of fused-ring (bicyclic) bond motifs is 2. The van der Waals surface area contributed by atoms with Gasteiger partial charge in [-0.15, -0.1) is 16.6 Å². The van der Waals surface area contributed by atoms with Crippen molar-refractivity contribution in [3.63, 3.8) is 0 Å². The van der Waals surface area contributed by atoms with E-state index in [0.29, 0.717) is 48.1 Å². The largest absolute Gasteiger partial charge is 0.504 e. The van der Waals surface area contributed by atoms with Crippen LogP contribution in [0.3, 0.4) is 0 Å². The molecule has 2 aliphatic carbocycles. The highest BCUT2D eigenvalue weighted by Crippen LogP contribution is 2.48. The zero-order valence-corrected chi connectivity index (χ0v) is 34.5. The maximum Gasteiger partial charge on any atom is 0.208 e. The van der Waals surface area contributed by atoms with Crippen molar-refractivity contribution in [2.45, 2.75) is 160 Å².